The van der Waals surface area contributed by atoms with Crippen LogP contribution in [0.3, 0.4) is 0 Å². The molecule has 2 unspecified atom stereocenters. The van der Waals surface area contributed by atoms with E-state index in [1.54, 1.807) is 0 Å². The number of hydrogen-bond donors (Lipinski definition) is 0. The number of halogens is 8. The molecule has 0 aliphatic rings. The molecular weight excluding hydrogens is 512 g/mol. The van der Waals surface area contributed by atoms with Gasteiger partial charge < -0.3 is 14.2 Å². The third-order valence-electron chi connectivity index (χ3n) is 6.52. The van der Waals surface area contributed by atoms with Gasteiger partial charge in [0.05, 0.1) is 13.2 Å². The maximum Gasteiger partial charge on any atom is 0.461 e. The second kappa shape index (κ2) is 11.9. The van der Waals surface area contributed by atoms with Crippen LogP contribution in [0, 0.1) is 0 Å². The molecule has 0 saturated carbocycles. The van der Waals surface area contributed by atoms with Crippen molar-refractivity contribution in [2.24, 2.45) is 0 Å². The predicted octanol–water partition coefficient (Wildman–Crippen LogP) is 8.21. The predicted molar refractivity (Wildman–Crippen MR) is 122 cm³/mol. The molecule has 0 fully saturated rings. The second-order valence-electron chi connectivity index (χ2n) is 9.30. The molecule has 0 aliphatic carbocycles. The van der Waals surface area contributed by atoms with E-state index in [0.29, 0.717) is 12.8 Å². The van der Waals surface area contributed by atoms with Gasteiger partial charge in [-0.05, 0) is 48.2 Å². The van der Waals surface area contributed by atoms with E-state index < -0.39 is 47.4 Å². The quantitative estimate of drug-likeness (QED) is 0.225. The fraction of sp³-hybridized carbons (Fsp3) is 0.538. The fourth-order valence-corrected chi connectivity index (χ4v) is 3.53. The average molecular weight is 543 g/mol. The first kappa shape index (κ1) is 30.7. The van der Waals surface area contributed by atoms with Gasteiger partial charge in [-0.1, -0.05) is 52.0 Å². The monoisotopic (exact) mass is 542 g/mol. The van der Waals surface area contributed by atoms with Crippen LogP contribution < -0.4 is 9.47 Å². The van der Waals surface area contributed by atoms with Crippen molar-refractivity contribution < 1.29 is 49.3 Å². The third-order valence-corrected chi connectivity index (χ3v) is 6.52. The lowest BCUT2D eigenvalue weighted by molar-refractivity contribution is -0.253. The van der Waals surface area contributed by atoms with Gasteiger partial charge in [-0.25, -0.2) is 0 Å². The lowest BCUT2D eigenvalue weighted by atomic mass is 9.79. The first-order valence-electron chi connectivity index (χ1n) is 11.6. The average Bonchev–Trinajstić information content (AvgIpc) is 2.84. The van der Waals surface area contributed by atoms with Gasteiger partial charge in [-0.15, -0.1) is 0 Å². The van der Waals surface area contributed by atoms with Crippen LogP contribution in [0.2, 0.25) is 0 Å². The Kier molecular flexibility index (Phi) is 9.84. The number of hydrogen-bond acceptors (Lipinski definition) is 3. The summed E-state index contributed by atoms with van der Waals surface area (Å²) in [5.74, 6) is -0.795. The Morgan fingerprint density at radius 1 is 0.595 bits per heavy atom. The molecule has 0 saturated heterocycles. The SMILES string of the molecule is CCC(C)(COCC(C)(CC)c1ccc(OC(F)(F)C(F)F)cc1)c1ccc(OC(F)(F)C(F)F)cc1. The normalized spacial score (nSPS) is 15.9. The Hall–Kier alpha value is -2.56. The lowest BCUT2D eigenvalue weighted by Crippen LogP contribution is -2.34. The van der Waals surface area contributed by atoms with Crippen LogP contribution in [0.1, 0.15) is 51.7 Å². The molecule has 0 radical (unpaired) electrons. The van der Waals surface area contributed by atoms with Crippen LogP contribution in [0.15, 0.2) is 48.5 Å². The van der Waals surface area contributed by atoms with Gasteiger partial charge in [0.15, 0.2) is 0 Å². The van der Waals surface area contributed by atoms with Crippen LogP contribution in [0.25, 0.3) is 0 Å². The van der Waals surface area contributed by atoms with E-state index in [1.807, 2.05) is 27.7 Å². The summed E-state index contributed by atoms with van der Waals surface area (Å²) in [6.07, 6.45) is -15.9. The zero-order valence-corrected chi connectivity index (χ0v) is 20.9. The Labute approximate surface area is 210 Å². The summed E-state index contributed by atoms with van der Waals surface area (Å²) in [6, 6.07) is 10.8. The van der Waals surface area contributed by atoms with Crippen LogP contribution in [-0.4, -0.2) is 38.3 Å². The Morgan fingerprint density at radius 2 is 0.892 bits per heavy atom. The summed E-state index contributed by atoms with van der Waals surface area (Å²) >= 11 is 0. The second-order valence-corrected chi connectivity index (χ2v) is 9.30. The third kappa shape index (κ3) is 7.72. The van der Waals surface area contributed by atoms with E-state index in [2.05, 4.69) is 9.47 Å². The minimum absolute atomic E-state index is 0.230. The molecule has 0 aliphatic heterocycles. The molecule has 37 heavy (non-hydrogen) atoms. The highest BCUT2D eigenvalue weighted by Crippen LogP contribution is 2.35. The van der Waals surface area contributed by atoms with E-state index in [0.717, 1.165) is 11.1 Å². The Bertz CT molecular complexity index is 903. The summed E-state index contributed by atoms with van der Waals surface area (Å²) in [5.41, 5.74) is 0.359. The molecule has 2 aromatic rings. The number of alkyl halides is 8. The Balaban J connectivity index is 2.07. The summed E-state index contributed by atoms with van der Waals surface area (Å²) < 4.78 is 116. The fourth-order valence-electron chi connectivity index (χ4n) is 3.53. The van der Waals surface area contributed by atoms with Gasteiger partial charge in [0.25, 0.3) is 0 Å². The van der Waals surface area contributed by atoms with Crippen molar-refractivity contribution in [3.63, 3.8) is 0 Å². The molecule has 0 N–H and O–H groups in total. The van der Waals surface area contributed by atoms with Crippen LogP contribution in [0.5, 0.6) is 11.5 Å². The maximum atomic E-state index is 13.1. The first-order valence-corrected chi connectivity index (χ1v) is 11.6. The van der Waals surface area contributed by atoms with Crippen molar-refractivity contribution in [3.8, 4) is 11.5 Å². The van der Waals surface area contributed by atoms with Gasteiger partial charge in [0.2, 0.25) is 0 Å². The molecular formula is C26H30F8O3. The molecule has 208 valence electrons. The molecule has 0 aromatic heterocycles. The molecule has 0 heterocycles. The highest BCUT2D eigenvalue weighted by Gasteiger charge is 2.45. The minimum atomic E-state index is -4.60. The Morgan fingerprint density at radius 3 is 1.14 bits per heavy atom. The zero-order chi connectivity index (χ0) is 28.1. The van der Waals surface area contributed by atoms with E-state index in [1.165, 1.54) is 48.5 Å². The highest BCUT2D eigenvalue weighted by molar-refractivity contribution is 5.33. The molecule has 3 nitrogen and oxygen atoms in total. The molecule has 2 atom stereocenters. The van der Waals surface area contributed by atoms with E-state index in [-0.39, 0.29) is 13.2 Å². The molecule has 11 heteroatoms. The molecule has 2 rings (SSSR count). The van der Waals surface area contributed by atoms with Crippen LogP contribution in [-0.2, 0) is 15.6 Å². The summed E-state index contributed by atoms with van der Waals surface area (Å²) in [4.78, 5) is 0. The van der Waals surface area contributed by atoms with Gasteiger partial charge in [0.1, 0.15) is 11.5 Å². The van der Waals surface area contributed by atoms with Crippen molar-refractivity contribution in [1.82, 2.24) is 0 Å². The number of benzene rings is 2. The van der Waals surface area contributed by atoms with Gasteiger partial charge in [-0.3, -0.25) is 0 Å². The minimum Gasteiger partial charge on any atom is -0.428 e. The van der Waals surface area contributed by atoms with Crippen molar-refractivity contribution >= 4 is 0 Å². The lowest BCUT2D eigenvalue weighted by Gasteiger charge is -2.33. The summed E-state index contributed by atoms with van der Waals surface area (Å²) in [6.45, 7) is 8.07. The summed E-state index contributed by atoms with van der Waals surface area (Å²) in [7, 11) is 0. The van der Waals surface area contributed by atoms with Gasteiger partial charge >= 0.3 is 25.1 Å². The van der Waals surface area contributed by atoms with Crippen molar-refractivity contribution in [3.05, 3.63) is 59.7 Å². The molecule has 2 aromatic carbocycles. The zero-order valence-electron chi connectivity index (χ0n) is 20.9. The van der Waals surface area contributed by atoms with Gasteiger partial charge in [-0.2, -0.15) is 35.1 Å². The standard InChI is InChI=1S/C26H30F8O3/c1-5-23(3,17-7-11-19(12-8-17)36-25(31,32)21(27)28)15-35-16-24(4,6-2)18-9-13-20(14-10-18)37-26(33,34)22(29)30/h7-14,21-22H,5-6,15-16H2,1-4H3. The van der Waals surface area contributed by atoms with Crippen LogP contribution >= 0.6 is 0 Å². The van der Waals surface area contributed by atoms with Crippen molar-refractivity contribution in [2.45, 2.75) is 76.4 Å². The highest BCUT2D eigenvalue weighted by atomic mass is 19.3. The smallest absolute Gasteiger partial charge is 0.428 e. The molecule has 0 bridgehead atoms. The largest absolute Gasteiger partial charge is 0.461 e. The topological polar surface area (TPSA) is 27.7 Å². The van der Waals surface area contributed by atoms with Crippen LogP contribution in [0.4, 0.5) is 35.1 Å². The number of ether oxygens (including phenoxy) is 3. The number of rotatable bonds is 14. The first-order chi connectivity index (χ1) is 17.1. The van der Waals surface area contributed by atoms with E-state index in [9.17, 15) is 35.1 Å². The van der Waals surface area contributed by atoms with Crippen molar-refractivity contribution in [2.75, 3.05) is 13.2 Å². The van der Waals surface area contributed by atoms with Crippen molar-refractivity contribution in [1.29, 1.82) is 0 Å². The van der Waals surface area contributed by atoms with E-state index in [4.69, 9.17) is 4.74 Å². The van der Waals surface area contributed by atoms with E-state index >= 15 is 0 Å². The molecule has 0 spiro atoms. The van der Waals surface area contributed by atoms with Gasteiger partial charge in [0, 0.05) is 10.8 Å². The maximum absolute atomic E-state index is 13.1. The summed E-state index contributed by atoms with van der Waals surface area (Å²) in [5, 5.41) is 0. The molecule has 0 amide bonds.